The van der Waals surface area contributed by atoms with Crippen molar-refractivity contribution in [2.45, 2.75) is 19.2 Å². The molecule has 0 radical (unpaired) electrons. The van der Waals surface area contributed by atoms with Crippen molar-refractivity contribution in [3.8, 4) is 0 Å². The average molecular weight is 322 g/mol. The van der Waals surface area contributed by atoms with Gasteiger partial charge in [-0.3, -0.25) is 4.79 Å². The van der Waals surface area contributed by atoms with Crippen LogP contribution in [0.5, 0.6) is 0 Å². The second kappa shape index (κ2) is 6.31. The van der Waals surface area contributed by atoms with Crippen LogP contribution >= 0.6 is 0 Å². The second-order valence-corrected chi connectivity index (χ2v) is 7.50. The van der Waals surface area contributed by atoms with Gasteiger partial charge in [-0.25, -0.2) is 8.42 Å². The Bertz CT molecular complexity index is 780. The van der Waals surface area contributed by atoms with Crippen molar-refractivity contribution in [3.63, 3.8) is 0 Å². The summed E-state index contributed by atoms with van der Waals surface area (Å²) in [6.07, 6.45) is 1.17. The van der Waals surface area contributed by atoms with E-state index in [1.54, 1.807) is 44.3 Å². The molecule has 0 bridgehead atoms. The minimum atomic E-state index is -3.13. The van der Waals surface area contributed by atoms with Crippen LogP contribution in [0.2, 0.25) is 0 Å². The van der Waals surface area contributed by atoms with Gasteiger partial charge in [-0.05, 0) is 24.6 Å². The molecule has 0 spiro atoms. The van der Waals surface area contributed by atoms with Crippen molar-refractivity contribution < 1.29 is 17.7 Å². The molecule has 22 heavy (non-hydrogen) atoms. The molecule has 0 aliphatic rings. The van der Waals surface area contributed by atoms with E-state index in [4.69, 9.17) is 4.52 Å². The van der Waals surface area contributed by atoms with Gasteiger partial charge in [0.25, 0.3) is 5.91 Å². The highest BCUT2D eigenvalue weighted by Gasteiger charge is 2.15. The number of benzene rings is 1. The molecule has 0 atom stereocenters. The fraction of sp³-hybridized carbons (Fsp3) is 0.333. The Morgan fingerprint density at radius 2 is 2.05 bits per heavy atom. The van der Waals surface area contributed by atoms with E-state index in [0.717, 1.165) is 0 Å². The van der Waals surface area contributed by atoms with E-state index in [2.05, 4.69) is 5.16 Å². The van der Waals surface area contributed by atoms with E-state index in [1.165, 1.54) is 11.2 Å². The number of hydrogen-bond donors (Lipinski definition) is 0. The highest BCUT2D eigenvalue weighted by molar-refractivity contribution is 7.89. The SMILES string of the molecule is Cc1cc(CN(C)C(=O)c2cccc(CS(C)(=O)=O)c2)no1. The summed E-state index contributed by atoms with van der Waals surface area (Å²) in [6.45, 7) is 2.11. The van der Waals surface area contributed by atoms with Gasteiger partial charge in [0, 0.05) is 24.9 Å². The normalized spacial score (nSPS) is 11.4. The molecule has 0 aliphatic carbocycles. The molecule has 6 nitrogen and oxygen atoms in total. The lowest BCUT2D eigenvalue weighted by molar-refractivity contribution is 0.0782. The second-order valence-electron chi connectivity index (χ2n) is 5.36. The van der Waals surface area contributed by atoms with Crippen molar-refractivity contribution in [3.05, 3.63) is 52.9 Å². The van der Waals surface area contributed by atoms with Crippen LogP contribution in [0.3, 0.4) is 0 Å². The minimum absolute atomic E-state index is 0.0830. The maximum atomic E-state index is 12.4. The molecular formula is C15H18N2O4S. The van der Waals surface area contributed by atoms with Gasteiger partial charge in [0.05, 0.1) is 12.3 Å². The molecule has 2 rings (SSSR count). The number of aryl methyl sites for hydroxylation is 1. The number of sulfone groups is 1. The van der Waals surface area contributed by atoms with E-state index in [0.29, 0.717) is 29.1 Å². The number of nitrogens with zero attached hydrogens (tertiary/aromatic N) is 2. The van der Waals surface area contributed by atoms with Gasteiger partial charge in [0.1, 0.15) is 11.5 Å². The molecule has 0 aliphatic heterocycles. The third kappa shape index (κ3) is 4.42. The summed E-state index contributed by atoms with van der Waals surface area (Å²) in [5.41, 5.74) is 1.71. The van der Waals surface area contributed by atoms with E-state index >= 15 is 0 Å². The first-order chi connectivity index (χ1) is 10.2. The summed E-state index contributed by atoms with van der Waals surface area (Å²) in [5.74, 6) is 0.405. The Morgan fingerprint density at radius 1 is 1.32 bits per heavy atom. The minimum Gasteiger partial charge on any atom is -0.361 e. The first-order valence-electron chi connectivity index (χ1n) is 6.69. The van der Waals surface area contributed by atoms with E-state index in [9.17, 15) is 13.2 Å². The Hall–Kier alpha value is -2.15. The van der Waals surface area contributed by atoms with Crippen LogP contribution in [0, 0.1) is 6.92 Å². The summed E-state index contributed by atoms with van der Waals surface area (Å²) in [4.78, 5) is 13.9. The summed E-state index contributed by atoms with van der Waals surface area (Å²) in [5, 5.41) is 3.85. The van der Waals surface area contributed by atoms with Crippen LogP contribution in [-0.2, 0) is 22.1 Å². The number of aromatic nitrogens is 1. The zero-order chi connectivity index (χ0) is 16.3. The van der Waals surface area contributed by atoms with Gasteiger partial charge in [0.2, 0.25) is 0 Å². The Labute approximate surface area is 129 Å². The molecule has 1 heterocycles. The molecule has 0 saturated heterocycles. The van der Waals surface area contributed by atoms with Crippen molar-refractivity contribution in [1.29, 1.82) is 0 Å². The molecule has 7 heteroatoms. The van der Waals surface area contributed by atoms with Crippen molar-refractivity contribution >= 4 is 15.7 Å². The van der Waals surface area contributed by atoms with Gasteiger partial charge in [-0.2, -0.15) is 0 Å². The quantitative estimate of drug-likeness (QED) is 0.838. The highest BCUT2D eigenvalue weighted by atomic mass is 32.2. The lowest BCUT2D eigenvalue weighted by Gasteiger charge is -2.16. The Morgan fingerprint density at radius 3 is 2.64 bits per heavy atom. The van der Waals surface area contributed by atoms with Gasteiger partial charge in [0.15, 0.2) is 9.84 Å². The molecule has 1 aromatic heterocycles. The molecule has 0 N–H and O–H groups in total. The maximum absolute atomic E-state index is 12.4. The standard InChI is InChI=1S/C15H18N2O4S/c1-11-7-14(16-21-11)9-17(2)15(18)13-6-4-5-12(8-13)10-22(3,19)20/h4-8H,9-10H2,1-3H3. The monoisotopic (exact) mass is 322 g/mol. The predicted molar refractivity (Wildman–Crippen MR) is 82.0 cm³/mol. The largest absolute Gasteiger partial charge is 0.361 e. The number of hydrogen-bond acceptors (Lipinski definition) is 5. The van der Waals surface area contributed by atoms with Gasteiger partial charge in [-0.15, -0.1) is 0 Å². The lowest BCUT2D eigenvalue weighted by atomic mass is 10.1. The molecule has 2 aromatic rings. The zero-order valence-electron chi connectivity index (χ0n) is 12.7. The van der Waals surface area contributed by atoms with Crippen LogP contribution in [0.1, 0.15) is 27.4 Å². The summed E-state index contributed by atoms with van der Waals surface area (Å²) < 4.78 is 27.7. The smallest absolute Gasteiger partial charge is 0.253 e. The molecule has 0 saturated carbocycles. The third-order valence-electron chi connectivity index (χ3n) is 3.03. The van der Waals surface area contributed by atoms with Crippen LogP contribution in [0.4, 0.5) is 0 Å². The average Bonchev–Trinajstić information content (AvgIpc) is 2.81. The molecule has 0 fully saturated rings. The van der Waals surface area contributed by atoms with E-state index in [-0.39, 0.29) is 11.7 Å². The fourth-order valence-electron chi connectivity index (χ4n) is 2.12. The van der Waals surface area contributed by atoms with Crippen LogP contribution in [0.25, 0.3) is 0 Å². The molecule has 0 unspecified atom stereocenters. The molecule has 1 aromatic carbocycles. The van der Waals surface area contributed by atoms with Gasteiger partial charge in [-0.1, -0.05) is 17.3 Å². The van der Waals surface area contributed by atoms with Crippen molar-refractivity contribution in [1.82, 2.24) is 10.1 Å². The van der Waals surface area contributed by atoms with Crippen molar-refractivity contribution in [2.75, 3.05) is 13.3 Å². The fourth-order valence-corrected chi connectivity index (χ4v) is 2.91. The summed E-state index contributed by atoms with van der Waals surface area (Å²) in [7, 11) is -1.47. The van der Waals surface area contributed by atoms with E-state index in [1.807, 2.05) is 0 Å². The third-order valence-corrected chi connectivity index (χ3v) is 3.88. The lowest BCUT2D eigenvalue weighted by Crippen LogP contribution is -2.26. The summed E-state index contributed by atoms with van der Waals surface area (Å²) >= 11 is 0. The number of carbonyl (C=O) groups is 1. The van der Waals surface area contributed by atoms with Crippen LogP contribution in [-0.4, -0.2) is 37.7 Å². The Kier molecular flexibility index (Phi) is 4.65. The van der Waals surface area contributed by atoms with Crippen LogP contribution in [0.15, 0.2) is 34.9 Å². The zero-order valence-corrected chi connectivity index (χ0v) is 13.6. The maximum Gasteiger partial charge on any atom is 0.253 e. The predicted octanol–water partition coefficient (Wildman–Crippen LogP) is 1.80. The number of amides is 1. The number of carbonyl (C=O) groups excluding carboxylic acids is 1. The van der Waals surface area contributed by atoms with Crippen molar-refractivity contribution in [2.24, 2.45) is 0 Å². The first-order valence-corrected chi connectivity index (χ1v) is 8.75. The van der Waals surface area contributed by atoms with Crippen LogP contribution < -0.4 is 0 Å². The number of rotatable bonds is 5. The molecular weight excluding hydrogens is 304 g/mol. The highest BCUT2D eigenvalue weighted by Crippen LogP contribution is 2.12. The molecule has 1 amide bonds. The first kappa shape index (κ1) is 16.2. The topological polar surface area (TPSA) is 80.5 Å². The Balaban J connectivity index is 2.13. The van der Waals surface area contributed by atoms with E-state index < -0.39 is 9.84 Å². The molecule has 118 valence electrons. The summed E-state index contributed by atoms with van der Waals surface area (Å²) in [6, 6.07) is 8.41. The van der Waals surface area contributed by atoms with Gasteiger partial charge < -0.3 is 9.42 Å². The van der Waals surface area contributed by atoms with Gasteiger partial charge >= 0.3 is 0 Å².